The van der Waals surface area contributed by atoms with Crippen LogP contribution in [0.5, 0.6) is 11.5 Å². The second-order valence-corrected chi connectivity index (χ2v) is 12.0. The average Bonchev–Trinajstić information content (AvgIpc) is 3.15. The summed E-state index contributed by atoms with van der Waals surface area (Å²) in [5.41, 5.74) is 2.30. The fourth-order valence-electron chi connectivity index (χ4n) is 3.03. The Morgan fingerprint density at radius 3 is 2.43 bits per heavy atom. The highest BCUT2D eigenvalue weighted by Gasteiger charge is 2.25. The molecule has 3 aromatic carbocycles. The Morgan fingerprint density at radius 1 is 1.09 bits per heavy atom. The van der Waals surface area contributed by atoms with Gasteiger partial charge in [-0.1, -0.05) is 33.6 Å². The Kier molecular flexibility index (Phi) is 7.89. The smallest absolute Gasteiger partial charge is 0.339 e. The number of hydrogen-bond donors (Lipinski definition) is 1. The average molecular weight is 685 g/mol. The van der Waals surface area contributed by atoms with E-state index in [2.05, 4.69) is 26.2 Å². The molecule has 1 N–H and O–H groups in total. The molecular weight excluding hydrogens is 667 g/mol. The molecule has 3 aromatic rings. The molecule has 1 amide bonds. The minimum Gasteiger partial charge on any atom is -0.493 e. The van der Waals surface area contributed by atoms with E-state index in [0.717, 1.165) is 10.0 Å². The first-order chi connectivity index (χ1) is 16.6. The Labute approximate surface area is 229 Å². The molecule has 0 spiro atoms. The summed E-state index contributed by atoms with van der Waals surface area (Å²) in [7, 11) is -2.63. The van der Waals surface area contributed by atoms with Gasteiger partial charge in [-0.2, -0.15) is 8.42 Å². The number of amidine groups is 1. The van der Waals surface area contributed by atoms with Gasteiger partial charge in [-0.25, -0.2) is 4.99 Å². The molecular formula is C24H18BrIN2O5S2. The number of aliphatic imine (C=N–C) groups is 1. The molecule has 0 bridgehead atoms. The van der Waals surface area contributed by atoms with E-state index < -0.39 is 10.1 Å². The Balaban J connectivity index is 1.60. The van der Waals surface area contributed by atoms with Gasteiger partial charge in [-0.05, 0) is 101 Å². The van der Waals surface area contributed by atoms with E-state index in [-0.39, 0.29) is 22.3 Å². The van der Waals surface area contributed by atoms with E-state index in [1.165, 1.54) is 31.0 Å². The summed E-state index contributed by atoms with van der Waals surface area (Å²) >= 11 is 6.57. The highest BCUT2D eigenvalue weighted by atomic mass is 127. The molecule has 0 unspecified atom stereocenters. The minimum atomic E-state index is -4.06. The van der Waals surface area contributed by atoms with Crippen molar-refractivity contribution in [3.8, 4) is 11.5 Å². The monoisotopic (exact) mass is 684 g/mol. The number of methoxy groups -OCH3 is 1. The third kappa shape index (κ3) is 6.26. The molecule has 1 fully saturated rings. The maximum absolute atomic E-state index is 12.8. The molecule has 7 nitrogen and oxygen atoms in total. The Morgan fingerprint density at radius 2 is 1.77 bits per heavy atom. The van der Waals surface area contributed by atoms with E-state index in [9.17, 15) is 13.2 Å². The molecule has 4 rings (SSSR count). The van der Waals surface area contributed by atoms with E-state index in [1.54, 1.807) is 30.3 Å². The summed E-state index contributed by atoms with van der Waals surface area (Å²) in [6.45, 7) is 1.87. The molecule has 35 heavy (non-hydrogen) atoms. The van der Waals surface area contributed by atoms with Gasteiger partial charge in [0.1, 0.15) is 4.90 Å². The van der Waals surface area contributed by atoms with Gasteiger partial charge < -0.3 is 14.2 Å². The summed E-state index contributed by atoms with van der Waals surface area (Å²) in [6, 6.07) is 17.1. The number of halogens is 2. The molecule has 0 atom stereocenters. The number of carbonyl (C=O) groups is 1. The van der Waals surface area contributed by atoms with Crippen molar-refractivity contribution < 1.29 is 22.1 Å². The normalized spacial score (nSPS) is 15.9. The lowest BCUT2D eigenvalue weighted by atomic mass is 10.2. The van der Waals surface area contributed by atoms with Gasteiger partial charge in [0.05, 0.1) is 21.3 Å². The van der Waals surface area contributed by atoms with Crippen LogP contribution in [0.1, 0.15) is 11.1 Å². The van der Waals surface area contributed by atoms with Crippen molar-refractivity contribution in [1.29, 1.82) is 0 Å². The largest absolute Gasteiger partial charge is 0.493 e. The quantitative estimate of drug-likeness (QED) is 0.194. The lowest BCUT2D eigenvalue weighted by Gasteiger charge is -2.13. The van der Waals surface area contributed by atoms with Crippen LogP contribution >= 0.6 is 50.3 Å². The number of nitrogens with zero attached hydrogens (tertiary/aromatic N) is 1. The van der Waals surface area contributed by atoms with Crippen molar-refractivity contribution in [2.45, 2.75) is 11.8 Å². The summed E-state index contributed by atoms with van der Waals surface area (Å²) in [6.07, 6.45) is 1.69. The van der Waals surface area contributed by atoms with Gasteiger partial charge in [0.2, 0.25) is 0 Å². The van der Waals surface area contributed by atoms with Gasteiger partial charge in [0.25, 0.3) is 5.91 Å². The maximum atomic E-state index is 12.8. The molecule has 11 heteroatoms. The first kappa shape index (κ1) is 25.7. The first-order valence-electron chi connectivity index (χ1n) is 10.1. The lowest BCUT2D eigenvalue weighted by Crippen LogP contribution is -2.19. The third-order valence-corrected chi connectivity index (χ3v) is 8.24. The number of carbonyl (C=O) groups excluding carboxylic acids is 1. The summed E-state index contributed by atoms with van der Waals surface area (Å²) < 4.78 is 37.8. The number of ether oxygens (including phenoxy) is 1. The highest BCUT2D eigenvalue weighted by molar-refractivity contribution is 14.1. The predicted octanol–water partition coefficient (Wildman–Crippen LogP) is 6.03. The maximum Gasteiger partial charge on any atom is 0.339 e. The summed E-state index contributed by atoms with van der Waals surface area (Å²) in [4.78, 5) is 17.4. The zero-order chi connectivity index (χ0) is 25.2. The molecule has 0 aliphatic carbocycles. The fourth-order valence-corrected chi connectivity index (χ4v) is 5.98. The zero-order valence-electron chi connectivity index (χ0n) is 18.4. The molecule has 1 aliphatic heterocycles. The van der Waals surface area contributed by atoms with E-state index in [0.29, 0.717) is 24.9 Å². The number of aryl methyl sites for hydroxylation is 1. The lowest BCUT2D eigenvalue weighted by molar-refractivity contribution is -0.115. The predicted molar refractivity (Wildman–Crippen MR) is 150 cm³/mol. The second kappa shape index (κ2) is 10.7. The van der Waals surface area contributed by atoms with Gasteiger partial charge in [-0.3, -0.25) is 4.79 Å². The van der Waals surface area contributed by atoms with Gasteiger partial charge >= 0.3 is 10.1 Å². The van der Waals surface area contributed by atoms with Crippen molar-refractivity contribution in [3.63, 3.8) is 0 Å². The molecule has 0 aromatic heterocycles. The molecule has 0 radical (unpaired) electrons. The molecule has 1 heterocycles. The topological polar surface area (TPSA) is 94.1 Å². The minimum absolute atomic E-state index is 0.0452. The fraction of sp³-hybridized carbons (Fsp3) is 0.0833. The Hall–Kier alpha value is -2.35. The summed E-state index contributed by atoms with van der Waals surface area (Å²) in [5, 5.41) is 3.22. The second-order valence-electron chi connectivity index (χ2n) is 7.34. The zero-order valence-corrected chi connectivity index (χ0v) is 23.8. The first-order valence-corrected chi connectivity index (χ1v) is 14.2. The van der Waals surface area contributed by atoms with Crippen LogP contribution in [-0.2, 0) is 14.9 Å². The van der Waals surface area contributed by atoms with Crippen molar-refractivity contribution in [3.05, 3.63) is 84.7 Å². The van der Waals surface area contributed by atoms with Crippen LogP contribution in [0.2, 0.25) is 0 Å². The standard InChI is InChI=1S/C24H18BrIN2O5S2/c1-14-3-9-18(10-4-14)35(30,31)33-22-19(26)11-15(12-20(22)32-2)13-21-23(29)28-24(34-21)27-17-7-5-16(25)6-8-17/h3-13H,1-2H3,(H,27,28,29)/b21-13+. The van der Waals surface area contributed by atoms with E-state index in [1.807, 2.05) is 53.8 Å². The molecule has 1 aliphatic rings. The highest BCUT2D eigenvalue weighted by Crippen LogP contribution is 2.37. The third-order valence-electron chi connectivity index (χ3n) is 4.76. The van der Waals surface area contributed by atoms with Crippen LogP contribution in [0, 0.1) is 10.5 Å². The van der Waals surface area contributed by atoms with Crippen LogP contribution in [0.4, 0.5) is 5.69 Å². The number of hydrogen-bond acceptors (Lipinski definition) is 7. The molecule has 1 saturated heterocycles. The van der Waals surface area contributed by atoms with E-state index >= 15 is 0 Å². The number of amides is 1. The number of thioether (sulfide) groups is 1. The van der Waals surface area contributed by atoms with E-state index in [4.69, 9.17) is 8.92 Å². The molecule has 180 valence electrons. The van der Waals surface area contributed by atoms with Crippen LogP contribution in [0.15, 0.2) is 79.9 Å². The van der Waals surface area contributed by atoms with Crippen LogP contribution in [0.25, 0.3) is 6.08 Å². The van der Waals surface area contributed by atoms with Gasteiger partial charge in [-0.15, -0.1) is 0 Å². The van der Waals surface area contributed by atoms with Crippen LogP contribution < -0.4 is 14.2 Å². The van der Waals surface area contributed by atoms with Crippen LogP contribution in [-0.4, -0.2) is 26.6 Å². The van der Waals surface area contributed by atoms with Crippen LogP contribution in [0.3, 0.4) is 0 Å². The van der Waals surface area contributed by atoms with Crippen molar-refractivity contribution in [2.24, 2.45) is 4.99 Å². The molecule has 0 saturated carbocycles. The number of nitrogens with one attached hydrogen (secondary N) is 1. The number of benzene rings is 3. The van der Waals surface area contributed by atoms with Crippen molar-refractivity contribution >= 4 is 83.2 Å². The Bertz CT molecular complexity index is 1450. The van der Waals surface area contributed by atoms with Gasteiger partial charge in [0.15, 0.2) is 16.7 Å². The van der Waals surface area contributed by atoms with Gasteiger partial charge in [0, 0.05) is 4.47 Å². The number of rotatable bonds is 6. The van der Waals surface area contributed by atoms with Crippen molar-refractivity contribution in [2.75, 3.05) is 7.11 Å². The SMILES string of the molecule is COc1cc(/C=C2/SC(=Nc3ccc(Br)cc3)NC2=O)cc(I)c1OS(=O)(=O)c1ccc(C)cc1. The van der Waals surface area contributed by atoms with Crippen molar-refractivity contribution in [1.82, 2.24) is 5.32 Å². The summed E-state index contributed by atoms with van der Waals surface area (Å²) in [5.74, 6) is 0.0329.